The van der Waals surface area contributed by atoms with E-state index in [1.54, 1.807) is 4.90 Å². The van der Waals surface area contributed by atoms with Gasteiger partial charge < -0.3 is 10.0 Å². The maximum atomic E-state index is 13.0. The average molecular weight is 244 g/mol. The molecular weight excluding hydrogens is 233 g/mol. The molecule has 1 heterocycles. The Morgan fingerprint density at radius 2 is 2.19 bits per heavy atom. The van der Waals surface area contributed by atoms with E-state index in [1.807, 2.05) is 0 Å². The van der Waals surface area contributed by atoms with Crippen molar-refractivity contribution in [3.63, 3.8) is 0 Å². The van der Waals surface area contributed by atoms with Crippen LogP contribution in [0.3, 0.4) is 0 Å². The third kappa shape index (κ3) is 2.18. The normalized spacial score (nSPS) is 16.1. The molecule has 0 radical (unpaired) electrons. The molecule has 1 aliphatic heterocycles. The number of hydrogen-bond acceptors (Lipinski definition) is 2. The van der Waals surface area contributed by atoms with Crippen molar-refractivity contribution in [1.82, 2.24) is 4.90 Å². The molecule has 1 saturated heterocycles. The van der Waals surface area contributed by atoms with Gasteiger partial charge >= 0.3 is 0 Å². The Morgan fingerprint density at radius 3 is 2.75 bits per heavy atom. The van der Waals surface area contributed by atoms with E-state index in [2.05, 4.69) is 0 Å². The zero-order chi connectivity index (χ0) is 11.7. The molecule has 0 spiro atoms. The van der Waals surface area contributed by atoms with Crippen molar-refractivity contribution < 1.29 is 14.3 Å². The van der Waals surface area contributed by atoms with Gasteiger partial charge in [-0.15, -0.1) is 0 Å². The first-order valence-electron chi connectivity index (χ1n) is 4.96. The fourth-order valence-electron chi connectivity index (χ4n) is 1.71. The first kappa shape index (κ1) is 11.4. The van der Waals surface area contributed by atoms with Crippen LogP contribution in [-0.4, -0.2) is 35.6 Å². The van der Waals surface area contributed by atoms with Crippen LogP contribution < -0.4 is 0 Å². The van der Waals surface area contributed by atoms with Crippen LogP contribution in [-0.2, 0) is 0 Å². The van der Waals surface area contributed by atoms with Crippen LogP contribution in [0.1, 0.15) is 10.4 Å². The van der Waals surface area contributed by atoms with Gasteiger partial charge in [0.15, 0.2) is 0 Å². The molecule has 1 aromatic carbocycles. The Balaban J connectivity index is 2.10. The Hall–Kier alpha value is -1.13. The summed E-state index contributed by atoms with van der Waals surface area (Å²) in [5, 5.41) is 9.04. The summed E-state index contributed by atoms with van der Waals surface area (Å²) in [7, 11) is 0. The summed E-state index contributed by atoms with van der Waals surface area (Å²) >= 11 is 5.67. The second-order valence-electron chi connectivity index (χ2n) is 3.92. The summed E-state index contributed by atoms with van der Waals surface area (Å²) in [5.74, 6) is -0.617. The summed E-state index contributed by atoms with van der Waals surface area (Å²) < 4.78 is 13.0. The third-order valence-electron chi connectivity index (χ3n) is 2.61. The number of likely N-dealkylation sites (tertiary alicyclic amines) is 1. The van der Waals surface area contributed by atoms with Crippen molar-refractivity contribution in [2.24, 2.45) is 5.92 Å². The predicted molar refractivity (Wildman–Crippen MR) is 57.9 cm³/mol. The molecule has 1 aliphatic rings. The number of rotatable bonds is 2. The molecule has 1 amide bonds. The molecule has 0 aromatic heterocycles. The van der Waals surface area contributed by atoms with Gasteiger partial charge in [0, 0.05) is 36.2 Å². The fraction of sp³-hybridized carbons (Fsp3) is 0.364. The van der Waals surface area contributed by atoms with Gasteiger partial charge in [0.1, 0.15) is 5.82 Å². The van der Waals surface area contributed by atoms with E-state index < -0.39 is 5.82 Å². The largest absolute Gasteiger partial charge is 0.396 e. The zero-order valence-electron chi connectivity index (χ0n) is 8.49. The van der Waals surface area contributed by atoms with E-state index >= 15 is 0 Å². The topological polar surface area (TPSA) is 40.5 Å². The number of hydrogen-bond donors (Lipinski definition) is 1. The molecule has 0 saturated carbocycles. The minimum Gasteiger partial charge on any atom is -0.396 e. The lowest BCUT2D eigenvalue weighted by Gasteiger charge is -2.38. The van der Waals surface area contributed by atoms with Crippen molar-refractivity contribution in [2.75, 3.05) is 19.7 Å². The highest BCUT2D eigenvalue weighted by Gasteiger charge is 2.30. The standard InChI is InChI=1S/C11H11ClFNO2/c12-9-1-8(2-10(13)3-9)11(16)14-4-7(5-14)6-15/h1-3,7,15H,4-6H2. The maximum absolute atomic E-state index is 13.0. The van der Waals surface area contributed by atoms with Gasteiger partial charge in [-0.3, -0.25) is 4.79 Å². The van der Waals surface area contributed by atoms with Crippen molar-refractivity contribution in [2.45, 2.75) is 0 Å². The molecule has 86 valence electrons. The number of aliphatic hydroxyl groups is 1. The Bertz CT molecular complexity index is 398. The van der Waals surface area contributed by atoms with E-state index in [-0.39, 0.29) is 29.0 Å². The monoisotopic (exact) mass is 243 g/mol. The number of amides is 1. The van der Waals surface area contributed by atoms with Crippen LogP contribution in [0.15, 0.2) is 18.2 Å². The molecule has 0 unspecified atom stereocenters. The van der Waals surface area contributed by atoms with Crippen LogP contribution >= 0.6 is 11.6 Å². The SMILES string of the molecule is O=C(c1cc(F)cc(Cl)c1)N1CC(CO)C1. The van der Waals surface area contributed by atoms with Gasteiger partial charge in [-0.25, -0.2) is 4.39 Å². The lowest BCUT2D eigenvalue weighted by molar-refractivity contribution is 0.0361. The number of benzene rings is 1. The second-order valence-corrected chi connectivity index (χ2v) is 4.35. The van der Waals surface area contributed by atoms with Gasteiger partial charge in [0.25, 0.3) is 5.91 Å². The highest BCUT2D eigenvalue weighted by Crippen LogP contribution is 2.20. The number of carbonyl (C=O) groups excluding carboxylic acids is 1. The van der Waals surface area contributed by atoms with Crippen LogP contribution in [0.4, 0.5) is 4.39 Å². The number of nitrogens with zero attached hydrogens (tertiary/aromatic N) is 1. The molecule has 0 atom stereocenters. The highest BCUT2D eigenvalue weighted by molar-refractivity contribution is 6.31. The van der Waals surface area contributed by atoms with Gasteiger partial charge in [-0.1, -0.05) is 11.6 Å². The number of aliphatic hydroxyl groups excluding tert-OH is 1. The quantitative estimate of drug-likeness (QED) is 0.856. The molecule has 1 N–H and O–H groups in total. The van der Waals surface area contributed by atoms with Crippen LogP contribution in [0.25, 0.3) is 0 Å². The highest BCUT2D eigenvalue weighted by atomic mass is 35.5. The summed E-state index contributed by atoms with van der Waals surface area (Å²) in [6.45, 7) is 1.11. The summed E-state index contributed by atoms with van der Waals surface area (Å²) in [5.41, 5.74) is 0.251. The Kier molecular flexibility index (Phi) is 3.12. The minimum atomic E-state index is -0.518. The van der Waals surface area contributed by atoms with Gasteiger partial charge in [-0.05, 0) is 18.2 Å². The van der Waals surface area contributed by atoms with Gasteiger partial charge in [-0.2, -0.15) is 0 Å². The third-order valence-corrected chi connectivity index (χ3v) is 2.83. The number of carbonyl (C=O) groups is 1. The second kappa shape index (κ2) is 4.39. The molecule has 3 nitrogen and oxygen atoms in total. The maximum Gasteiger partial charge on any atom is 0.254 e. The molecule has 5 heteroatoms. The van der Waals surface area contributed by atoms with Crippen LogP contribution in [0.5, 0.6) is 0 Å². The van der Waals surface area contributed by atoms with E-state index in [4.69, 9.17) is 16.7 Å². The molecule has 0 bridgehead atoms. The van der Waals surface area contributed by atoms with E-state index in [9.17, 15) is 9.18 Å². The van der Waals surface area contributed by atoms with Gasteiger partial charge in [0.2, 0.25) is 0 Å². The van der Waals surface area contributed by atoms with Gasteiger partial charge in [0.05, 0.1) is 0 Å². The molecular formula is C11H11ClFNO2. The molecule has 2 rings (SSSR count). The van der Waals surface area contributed by atoms with Crippen molar-refractivity contribution >= 4 is 17.5 Å². The zero-order valence-corrected chi connectivity index (χ0v) is 9.25. The summed E-state index contributed by atoms with van der Waals surface area (Å²) in [4.78, 5) is 13.4. The minimum absolute atomic E-state index is 0.0771. The van der Waals surface area contributed by atoms with E-state index in [0.29, 0.717) is 13.1 Å². The van der Waals surface area contributed by atoms with Crippen molar-refractivity contribution in [3.8, 4) is 0 Å². The first-order chi connectivity index (χ1) is 7.60. The van der Waals surface area contributed by atoms with Crippen molar-refractivity contribution in [1.29, 1.82) is 0 Å². The Morgan fingerprint density at radius 1 is 1.50 bits per heavy atom. The fourth-order valence-corrected chi connectivity index (χ4v) is 1.93. The lowest BCUT2D eigenvalue weighted by Crippen LogP contribution is -2.51. The van der Waals surface area contributed by atoms with E-state index in [0.717, 1.165) is 6.07 Å². The van der Waals surface area contributed by atoms with Crippen LogP contribution in [0.2, 0.25) is 5.02 Å². The smallest absolute Gasteiger partial charge is 0.254 e. The number of halogens is 2. The van der Waals surface area contributed by atoms with Crippen molar-refractivity contribution in [3.05, 3.63) is 34.6 Å². The average Bonchev–Trinajstić information content (AvgIpc) is 2.14. The van der Waals surface area contributed by atoms with Crippen LogP contribution in [0, 0.1) is 11.7 Å². The van der Waals surface area contributed by atoms with E-state index in [1.165, 1.54) is 12.1 Å². The lowest BCUT2D eigenvalue weighted by atomic mass is 10.00. The Labute approximate surface area is 97.4 Å². The molecule has 0 aliphatic carbocycles. The predicted octanol–water partition coefficient (Wildman–Crippen LogP) is 1.54. The molecule has 1 fully saturated rings. The summed E-state index contributed by atoms with van der Waals surface area (Å²) in [6.07, 6.45) is 0. The summed E-state index contributed by atoms with van der Waals surface area (Å²) in [6, 6.07) is 3.77. The molecule has 16 heavy (non-hydrogen) atoms. The molecule has 1 aromatic rings. The first-order valence-corrected chi connectivity index (χ1v) is 5.34.